The Morgan fingerprint density at radius 2 is 1.10 bits per heavy atom. The number of halogens is 2. The van der Waals surface area contributed by atoms with E-state index in [0.29, 0.717) is 16.6 Å². The molecule has 152 valence electrons. The predicted molar refractivity (Wildman–Crippen MR) is 131 cm³/mol. The van der Waals surface area contributed by atoms with E-state index in [1.54, 1.807) is 0 Å². The molecule has 0 spiro atoms. The molecule has 2 aromatic rings. The summed E-state index contributed by atoms with van der Waals surface area (Å²) in [5.74, 6) is 0. The molecule has 4 rings (SSSR count). The average Bonchev–Trinajstić information content (AvgIpc) is 3.08. The van der Waals surface area contributed by atoms with Gasteiger partial charge in [0.15, 0.2) is 0 Å². The number of aryl methyl sites for hydroxylation is 2. The van der Waals surface area contributed by atoms with Crippen molar-refractivity contribution in [1.29, 1.82) is 0 Å². The van der Waals surface area contributed by atoms with E-state index in [1.807, 2.05) is 0 Å². The number of allylic oxidation sites excluding steroid dienone is 2. The molecule has 3 heteroatoms. The molecule has 0 bridgehead atoms. The van der Waals surface area contributed by atoms with Gasteiger partial charge in [-0.3, -0.25) is 0 Å². The van der Waals surface area contributed by atoms with Crippen molar-refractivity contribution in [3.05, 3.63) is 80.9 Å². The highest BCUT2D eigenvalue weighted by Gasteiger charge is 2.53. The van der Waals surface area contributed by atoms with Gasteiger partial charge in [0.05, 0.1) is 8.07 Å². The maximum atomic E-state index is 6.96. The first-order chi connectivity index (χ1) is 13.6. The smallest absolute Gasteiger partial charge is 0.0777 e. The molecule has 0 saturated heterocycles. The number of rotatable bonds is 3. The molecule has 2 atom stereocenters. The molecule has 2 aliphatic rings. The van der Waals surface area contributed by atoms with E-state index >= 15 is 0 Å². The Morgan fingerprint density at radius 3 is 1.45 bits per heavy atom. The van der Waals surface area contributed by atoms with Crippen LogP contribution in [0.4, 0.5) is 0 Å². The van der Waals surface area contributed by atoms with Gasteiger partial charge in [0.2, 0.25) is 0 Å². The van der Waals surface area contributed by atoms with Crippen LogP contribution in [0.1, 0.15) is 72.2 Å². The second kappa shape index (κ2) is 7.15. The van der Waals surface area contributed by atoms with Gasteiger partial charge >= 0.3 is 0 Å². The lowest BCUT2D eigenvalue weighted by atomic mass is 10.0. The van der Waals surface area contributed by atoms with Crippen LogP contribution in [-0.4, -0.2) is 8.07 Å². The number of benzene rings is 2. The Morgan fingerprint density at radius 1 is 0.724 bits per heavy atom. The first kappa shape index (κ1) is 21.0. The predicted octanol–water partition coefficient (Wildman–Crippen LogP) is 8.70. The zero-order chi connectivity index (χ0) is 21.2. The third kappa shape index (κ3) is 2.77. The third-order valence-electron chi connectivity index (χ3n) is 7.72. The molecular weight excluding hydrogens is 411 g/mol. The molecule has 0 N–H and O–H groups in total. The van der Waals surface area contributed by atoms with Gasteiger partial charge in [-0.1, -0.05) is 80.0 Å². The highest BCUT2D eigenvalue weighted by atomic mass is 35.5. The second-order valence-corrected chi connectivity index (χ2v) is 15.3. The van der Waals surface area contributed by atoms with E-state index in [-0.39, 0.29) is 0 Å². The SMILES string of the molecule is CC1=C(Cl)c2c(C)cccc2C1[Si](C)(C(C)C)C1C(C)=C(Cl)c2c(C)cccc21. The summed E-state index contributed by atoms with van der Waals surface area (Å²) in [5.41, 5.74) is 12.0. The van der Waals surface area contributed by atoms with Crippen molar-refractivity contribution in [1.82, 2.24) is 0 Å². The zero-order valence-electron chi connectivity index (χ0n) is 18.5. The highest BCUT2D eigenvalue weighted by Crippen LogP contribution is 2.60. The lowest BCUT2D eigenvalue weighted by Gasteiger charge is -2.45. The van der Waals surface area contributed by atoms with Crippen molar-refractivity contribution in [2.24, 2.45) is 0 Å². The van der Waals surface area contributed by atoms with Crippen LogP contribution in [0, 0.1) is 13.8 Å². The standard InChI is InChI=1S/C26H30Cl2Si/c1-14(2)29(7,25-17(5)23(27)21-15(3)10-8-12-19(21)25)26-18(6)24(28)22-16(4)11-9-13-20(22)26/h8-14,25-26H,1-7H3. The number of hydrogen-bond donors (Lipinski definition) is 0. The molecule has 0 saturated carbocycles. The van der Waals surface area contributed by atoms with Crippen LogP contribution < -0.4 is 0 Å². The molecule has 0 nitrogen and oxygen atoms in total. The summed E-state index contributed by atoms with van der Waals surface area (Å²) in [7, 11) is -2.00. The number of fused-ring (bicyclic) bond motifs is 2. The minimum atomic E-state index is -2.00. The first-order valence-electron chi connectivity index (χ1n) is 10.5. The fraction of sp³-hybridized carbons (Fsp3) is 0.385. The zero-order valence-corrected chi connectivity index (χ0v) is 21.0. The molecule has 2 unspecified atom stereocenters. The van der Waals surface area contributed by atoms with Gasteiger partial charge in [0.25, 0.3) is 0 Å². The van der Waals surface area contributed by atoms with E-state index in [1.165, 1.54) is 44.5 Å². The summed E-state index contributed by atoms with van der Waals surface area (Å²) in [6, 6.07) is 13.4. The van der Waals surface area contributed by atoms with E-state index in [9.17, 15) is 0 Å². The largest absolute Gasteiger partial charge is 0.0837 e. The molecule has 0 fully saturated rings. The molecule has 2 aliphatic carbocycles. The molecular formula is C26H30Cl2Si. The summed E-state index contributed by atoms with van der Waals surface area (Å²) in [4.78, 5) is 0. The average molecular weight is 442 g/mol. The minimum absolute atomic E-state index is 0.403. The fourth-order valence-electron chi connectivity index (χ4n) is 6.01. The molecule has 0 radical (unpaired) electrons. The van der Waals surface area contributed by atoms with Crippen LogP contribution in [0.3, 0.4) is 0 Å². The van der Waals surface area contributed by atoms with Crippen LogP contribution in [0.5, 0.6) is 0 Å². The van der Waals surface area contributed by atoms with E-state index in [0.717, 1.165) is 10.1 Å². The topological polar surface area (TPSA) is 0 Å². The van der Waals surface area contributed by atoms with Gasteiger partial charge in [-0.05, 0) is 77.8 Å². The van der Waals surface area contributed by atoms with Crippen LogP contribution in [0.15, 0.2) is 47.5 Å². The Bertz CT molecular complexity index is 995. The van der Waals surface area contributed by atoms with Gasteiger partial charge < -0.3 is 0 Å². The van der Waals surface area contributed by atoms with Gasteiger partial charge in [-0.2, -0.15) is 0 Å². The van der Waals surface area contributed by atoms with Crippen molar-refractivity contribution in [2.45, 2.75) is 64.7 Å². The molecule has 2 aromatic carbocycles. The lowest BCUT2D eigenvalue weighted by molar-refractivity contribution is 0.860. The van der Waals surface area contributed by atoms with Gasteiger partial charge in [0, 0.05) is 21.1 Å². The van der Waals surface area contributed by atoms with Crippen LogP contribution in [0.2, 0.25) is 12.1 Å². The van der Waals surface area contributed by atoms with Crippen LogP contribution >= 0.6 is 23.2 Å². The molecule has 0 aliphatic heterocycles. The third-order valence-corrected chi connectivity index (χ3v) is 15.2. The molecule has 0 heterocycles. The van der Waals surface area contributed by atoms with Crippen molar-refractivity contribution in [3.8, 4) is 0 Å². The van der Waals surface area contributed by atoms with Crippen molar-refractivity contribution in [3.63, 3.8) is 0 Å². The summed E-state index contributed by atoms with van der Waals surface area (Å²) in [6.45, 7) is 16.3. The Kier molecular flexibility index (Phi) is 5.17. The molecule has 29 heavy (non-hydrogen) atoms. The molecule has 0 amide bonds. The fourth-order valence-corrected chi connectivity index (χ4v) is 12.6. The summed E-state index contributed by atoms with van der Waals surface area (Å²) >= 11 is 13.9. The first-order valence-corrected chi connectivity index (χ1v) is 14.0. The maximum Gasteiger partial charge on any atom is 0.0777 e. The van der Waals surface area contributed by atoms with Crippen LogP contribution in [0.25, 0.3) is 10.1 Å². The second-order valence-electron chi connectivity index (χ2n) is 9.46. The van der Waals surface area contributed by atoms with Crippen LogP contribution in [-0.2, 0) is 0 Å². The Balaban J connectivity index is 2.00. The summed E-state index contributed by atoms with van der Waals surface area (Å²) in [5, 5.41) is 1.94. The highest BCUT2D eigenvalue weighted by molar-refractivity contribution is 6.84. The van der Waals surface area contributed by atoms with Crippen molar-refractivity contribution >= 4 is 41.3 Å². The van der Waals surface area contributed by atoms with Crippen molar-refractivity contribution in [2.75, 3.05) is 0 Å². The van der Waals surface area contributed by atoms with E-state index in [4.69, 9.17) is 23.2 Å². The summed E-state index contributed by atoms with van der Waals surface area (Å²) in [6.07, 6.45) is 0. The van der Waals surface area contributed by atoms with E-state index < -0.39 is 8.07 Å². The van der Waals surface area contributed by atoms with Gasteiger partial charge in [0.1, 0.15) is 0 Å². The maximum absolute atomic E-state index is 6.96. The number of hydrogen-bond acceptors (Lipinski definition) is 0. The quantitative estimate of drug-likeness (QED) is 0.418. The van der Waals surface area contributed by atoms with Gasteiger partial charge in [-0.15, -0.1) is 0 Å². The van der Waals surface area contributed by atoms with E-state index in [2.05, 4.69) is 84.5 Å². The normalized spacial score (nSPS) is 23.0. The Hall–Kier alpha value is -1.28. The summed E-state index contributed by atoms with van der Waals surface area (Å²) < 4.78 is 0. The minimum Gasteiger partial charge on any atom is -0.0837 e. The Labute approximate surface area is 186 Å². The monoisotopic (exact) mass is 440 g/mol. The lowest BCUT2D eigenvalue weighted by Crippen LogP contribution is -2.48. The van der Waals surface area contributed by atoms with Crippen molar-refractivity contribution < 1.29 is 0 Å². The van der Waals surface area contributed by atoms with Gasteiger partial charge in [-0.25, -0.2) is 0 Å². The molecule has 0 aromatic heterocycles.